The van der Waals surface area contributed by atoms with Gasteiger partial charge in [0.2, 0.25) is 41.7 Å². The van der Waals surface area contributed by atoms with Gasteiger partial charge in [-0.15, -0.1) is 0 Å². The number of guanidine groups is 14. The average Bonchev–Trinajstić information content (AvgIpc) is 0.863. The van der Waals surface area contributed by atoms with Crippen LogP contribution >= 0.6 is 0 Å². The normalized spacial score (nSPS) is 20.3. The van der Waals surface area contributed by atoms with Gasteiger partial charge in [-0.3, -0.25) is 61.8 Å². The molecule has 1 saturated heterocycles. The van der Waals surface area contributed by atoms with E-state index in [1.807, 2.05) is 150 Å². The first-order valence-corrected chi connectivity index (χ1v) is 45.2. The monoisotopic (exact) mass is 1820 g/mol. The molecule has 42 nitrogen and oxygen atoms in total. The fourth-order valence-electron chi connectivity index (χ4n) is 13.9. The predicted octanol–water partition coefficient (Wildman–Crippen LogP) is 4.57. The minimum absolute atomic E-state index is 0.0252. The Labute approximate surface area is 780 Å². The second kappa shape index (κ2) is 51.5. The van der Waals surface area contributed by atoms with Gasteiger partial charge in [0.1, 0.15) is 37.0 Å². The topological polar surface area (TPSA) is 494 Å². The van der Waals surface area contributed by atoms with Crippen molar-refractivity contribution in [2.75, 3.05) is 137 Å². The summed E-state index contributed by atoms with van der Waals surface area (Å²) in [6.07, 6.45) is 6.54. The maximum Gasteiger partial charge on any atom is 0.205 e. The van der Waals surface area contributed by atoms with E-state index in [2.05, 4.69) is 311 Å². The van der Waals surface area contributed by atoms with Gasteiger partial charge in [-0.2, -0.15) is 0 Å². The molecule has 722 valence electrons. The zero-order valence-corrected chi connectivity index (χ0v) is 83.0. The van der Waals surface area contributed by atoms with E-state index in [1.165, 1.54) is 79.7 Å². The number of H-pyrrole nitrogens is 7. The minimum atomic E-state index is -0.114. The van der Waals surface area contributed by atoms with Gasteiger partial charge in [-0.05, 0) is 182 Å². The Kier molecular flexibility index (Phi) is 40.4. The summed E-state index contributed by atoms with van der Waals surface area (Å²) < 4.78 is 0. The molecule has 7 unspecified atom stereocenters. The molecule has 0 spiro atoms. The van der Waals surface area contributed by atoms with E-state index >= 15 is 0 Å². The number of rotatable bonds is 21. The highest BCUT2D eigenvalue weighted by atomic mass is 15.5. The van der Waals surface area contributed by atoms with E-state index in [9.17, 15) is 0 Å². The summed E-state index contributed by atoms with van der Waals surface area (Å²) >= 11 is 0. The van der Waals surface area contributed by atoms with Crippen LogP contribution in [0.3, 0.4) is 0 Å². The number of nitrogens with one attached hydrogen (secondary N) is 18. The van der Waals surface area contributed by atoms with Gasteiger partial charge in [0.25, 0.3) is 0 Å². The summed E-state index contributed by atoms with van der Waals surface area (Å²) in [5, 5.41) is 34.4. The third-order valence-electron chi connectivity index (χ3n) is 20.8. The van der Waals surface area contributed by atoms with Crippen LogP contribution in [0.1, 0.15) is 128 Å². The zero-order chi connectivity index (χ0) is 96.3. The number of aromatic amines is 7. The fourth-order valence-corrected chi connectivity index (χ4v) is 13.9. The molecule has 0 saturated carbocycles. The maximum atomic E-state index is 5.69. The van der Waals surface area contributed by atoms with Gasteiger partial charge in [-0.25, -0.2) is 44.9 Å². The number of aliphatic imine (C=N–C) groups is 14. The van der Waals surface area contributed by atoms with Gasteiger partial charge in [-0.1, -0.05) is 0 Å². The number of aryl methyl sites for hydroxylation is 7. The van der Waals surface area contributed by atoms with Gasteiger partial charge < -0.3 is 107 Å². The highest BCUT2D eigenvalue weighted by Crippen LogP contribution is 2.15. The largest absolute Gasteiger partial charge is 0.370 e. The summed E-state index contributed by atoms with van der Waals surface area (Å²) in [7, 11) is 25.6. The fraction of sp³-hybridized carbons (Fsp3) is 0.533. The molecule has 7 atom stereocenters. The molecule has 132 heavy (non-hydrogen) atoms. The van der Waals surface area contributed by atoms with Gasteiger partial charge in [0, 0.05) is 262 Å². The first-order chi connectivity index (χ1) is 62.8. The first kappa shape index (κ1) is 104. The van der Waals surface area contributed by atoms with Gasteiger partial charge in [0.05, 0.1) is 6.17 Å². The second-order valence-electron chi connectivity index (χ2n) is 33.9. The van der Waals surface area contributed by atoms with Crippen molar-refractivity contribution in [3.05, 3.63) is 165 Å². The quantitative estimate of drug-likeness (QED) is 0.0468. The Hall–Kier alpha value is -13.9. The van der Waals surface area contributed by atoms with E-state index in [-0.39, 0.29) is 43.2 Å². The maximum absolute atomic E-state index is 5.69. The summed E-state index contributed by atoms with van der Waals surface area (Å²) in [4.78, 5) is 101. The third kappa shape index (κ3) is 35.9. The van der Waals surface area contributed by atoms with Crippen molar-refractivity contribution < 1.29 is 0 Å². The van der Waals surface area contributed by atoms with Gasteiger partial charge in [0.15, 0.2) is 41.7 Å². The molecule has 0 radical (unpaired) electrons. The molecule has 7 aromatic heterocycles. The molecule has 22 N–H and O–H groups in total. The van der Waals surface area contributed by atoms with Crippen molar-refractivity contribution in [1.82, 2.24) is 133 Å². The molecule has 7 aliphatic heterocycles. The number of aromatic nitrogens is 7. The number of hydrogen-bond donors (Lipinski definition) is 20. The Balaban J connectivity index is 0.000000190. The summed E-state index contributed by atoms with van der Waals surface area (Å²) in [6.45, 7) is 34.1. The highest BCUT2D eigenvalue weighted by Gasteiger charge is 2.26. The average molecular weight is 1820 g/mol. The lowest BCUT2D eigenvalue weighted by Crippen LogP contribution is -2.61. The number of hydrogen-bond acceptors (Lipinski definition) is 26. The number of likely N-dealkylation sites (N-methyl/N-ethyl adjacent to an activating group) is 4. The predicted molar refractivity (Wildman–Crippen MR) is 544 cm³/mol. The zero-order valence-electron chi connectivity index (χ0n) is 83.0. The van der Waals surface area contributed by atoms with E-state index in [0.717, 1.165) is 150 Å². The van der Waals surface area contributed by atoms with Crippen LogP contribution in [0, 0.1) is 48.5 Å². The Morgan fingerprint density at radius 2 is 0.583 bits per heavy atom. The Morgan fingerprint density at radius 3 is 0.955 bits per heavy atom. The molecule has 14 heterocycles. The van der Waals surface area contributed by atoms with Crippen molar-refractivity contribution in [1.29, 1.82) is 0 Å². The molecule has 0 bridgehead atoms. The van der Waals surface area contributed by atoms with Crippen LogP contribution < -0.4 is 70.0 Å². The number of nitrogens with zero attached hydrogens (tertiary/aromatic N) is 22. The Morgan fingerprint density at radius 1 is 0.295 bits per heavy atom. The summed E-state index contributed by atoms with van der Waals surface area (Å²) in [5.41, 5.74) is 28.2. The first-order valence-electron chi connectivity index (χ1n) is 45.2. The summed E-state index contributed by atoms with van der Waals surface area (Å²) in [6, 6.07) is 29.4. The van der Waals surface area contributed by atoms with Crippen LogP contribution in [0.25, 0.3) is 0 Å². The van der Waals surface area contributed by atoms with Crippen LogP contribution in [-0.4, -0.2) is 338 Å². The van der Waals surface area contributed by atoms with Gasteiger partial charge >= 0.3 is 0 Å². The lowest BCUT2D eigenvalue weighted by molar-refractivity contribution is 0.410. The third-order valence-corrected chi connectivity index (χ3v) is 20.8. The molecule has 0 aromatic carbocycles. The Bertz CT molecular complexity index is 5180. The molecular formula is C90H152N42. The van der Waals surface area contributed by atoms with E-state index < -0.39 is 0 Å². The molecule has 1 fully saturated rings. The standard InChI is InChI=1S/C15H26N6.C14H24N6.2C13H22N6.2C12H20N6.C11H18N6/c1-11-7-8-13(16-11)9-10-20(5)15-18-12(2)17-14(19(3)4)21(15)6;1-10-6-7-12(15-10)8-9-20(5)14-17-11(2)16-13(18-14)19(3)4;1-9-5-6-11(15-9)7-8-14-12-16-10(2)17-13(18-12)19(3)4;1-9-5-6-11(15-9)7-8-19(4)13-17-10(2)16-12(14-3)18-13;1-8-4-5-10(14-8)6-7-18(3)12-16-9(2)15-11(13)17-12;1-8-4-5-10(15-8)6-7-14-12-17-9(2)16-11(13-3)18-12;1-7-3-4-9(14-7)5-6-13-11-16-8(2)15-10(12)17-11/h7-8,12,16H,9-10H2,1-6H3;6-7,11,15H,8-9H2,1-5H3,(H,16,17,18);2*5-6,10,15H,7-8H2,1-4H3,(H2,14,16,17,18);4-5,9,14H,6-7H2,1-3H3,(H3,13,15,16,17);4-5,9,15H,6-7H2,1-3H3,(H3,13,14,16,17,18);3-4,8,14H,5-6H2,1-2H3,(H4,12,13,15,16,17). The van der Waals surface area contributed by atoms with Crippen LogP contribution in [0.15, 0.2) is 155 Å². The molecule has 7 aromatic rings. The van der Waals surface area contributed by atoms with Crippen LogP contribution in [0.4, 0.5) is 0 Å². The van der Waals surface area contributed by atoms with Crippen molar-refractivity contribution in [2.24, 2.45) is 81.4 Å². The molecule has 14 rings (SSSR count). The van der Waals surface area contributed by atoms with Crippen LogP contribution in [0.2, 0.25) is 0 Å². The van der Waals surface area contributed by atoms with E-state index in [1.54, 1.807) is 14.1 Å². The molecule has 7 aliphatic rings. The van der Waals surface area contributed by atoms with E-state index in [4.69, 9.17) is 11.5 Å². The summed E-state index contributed by atoms with van der Waals surface area (Å²) in [5.74, 6) is 10.7. The van der Waals surface area contributed by atoms with E-state index in [0.29, 0.717) is 24.4 Å². The van der Waals surface area contributed by atoms with Crippen molar-refractivity contribution in [3.63, 3.8) is 0 Å². The highest BCUT2D eigenvalue weighted by molar-refractivity contribution is 6.04. The van der Waals surface area contributed by atoms with Crippen molar-refractivity contribution in [2.45, 2.75) is 185 Å². The van der Waals surface area contributed by atoms with Crippen LogP contribution in [0.5, 0.6) is 0 Å². The SMILES string of the molecule is CN=C1NC(=NCCc2ccc(C)[nH]2)NC(C)N1.CN=C1NC(N(C)CCc2ccc(C)[nH]2)=NC(C)N1.Cc1ccc(CCN(C)C2=NC(C)N=C(N(C)C)N2)[nH]1.Cc1ccc(CCN(C)C2=NC(C)N=C(N(C)C)N2C)[nH]1.Cc1ccc(CCN(C)C2=NC(C)N=C(N)N2)[nH]1.Cc1ccc(CCN=C2NC(N(C)C)=NC(C)N2)[nH]1.Cc1ccc(CCN=C2NC(N)=NC(C)N2)[nH]1. The molecule has 0 aliphatic carbocycles. The molecule has 0 amide bonds. The molecule has 42 heteroatoms. The smallest absolute Gasteiger partial charge is 0.205 e. The lowest BCUT2D eigenvalue weighted by atomic mass is 10.3. The minimum Gasteiger partial charge on any atom is -0.370 e. The lowest BCUT2D eigenvalue weighted by Gasteiger charge is -2.35. The second-order valence-corrected chi connectivity index (χ2v) is 33.9. The molecular weight excluding hydrogens is 1670 g/mol. The van der Waals surface area contributed by atoms with Crippen molar-refractivity contribution >= 4 is 83.4 Å². The van der Waals surface area contributed by atoms with Crippen molar-refractivity contribution in [3.8, 4) is 0 Å². The van der Waals surface area contributed by atoms with Crippen LogP contribution in [-0.2, 0) is 44.9 Å². The number of nitrogens with two attached hydrogens (primary N) is 2.